The summed E-state index contributed by atoms with van der Waals surface area (Å²) in [7, 11) is 0. The monoisotopic (exact) mass is 494 g/mol. The fourth-order valence-corrected chi connectivity index (χ4v) is 3.99. The van der Waals surface area contributed by atoms with Crippen LogP contribution in [0.25, 0.3) is 10.9 Å². The SMILES string of the molecule is Clc1ccc2c(NCCCCCc3nccc(Cc4ccc(Br)cc4)n3)ccnc2c1. The largest absolute Gasteiger partial charge is 0.384 e. The van der Waals surface area contributed by atoms with Crippen molar-refractivity contribution in [2.24, 2.45) is 0 Å². The minimum Gasteiger partial charge on any atom is -0.384 e. The zero-order valence-corrected chi connectivity index (χ0v) is 19.5. The van der Waals surface area contributed by atoms with E-state index in [4.69, 9.17) is 16.6 Å². The Bertz CT molecular complexity index is 1150. The first-order chi connectivity index (χ1) is 15.2. The van der Waals surface area contributed by atoms with Crippen molar-refractivity contribution in [2.75, 3.05) is 11.9 Å². The molecule has 1 N–H and O–H groups in total. The molecule has 0 radical (unpaired) electrons. The Hall–Kier alpha value is -2.50. The number of aryl methyl sites for hydroxylation is 1. The van der Waals surface area contributed by atoms with Crippen LogP contribution >= 0.6 is 27.5 Å². The van der Waals surface area contributed by atoms with Gasteiger partial charge < -0.3 is 5.32 Å². The Labute approximate surface area is 196 Å². The second kappa shape index (κ2) is 10.7. The van der Waals surface area contributed by atoms with E-state index in [0.29, 0.717) is 5.02 Å². The average molecular weight is 496 g/mol. The van der Waals surface area contributed by atoms with Crippen molar-refractivity contribution in [3.8, 4) is 0 Å². The summed E-state index contributed by atoms with van der Waals surface area (Å²) in [5.74, 6) is 0.930. The molecule has 0 saturated carbocycles. The van der Waals surface area contributed by atoms with Crippen LogP contribution in [0.15, 0.2) is 71.5 Å². The molecule has 0 atom stereocenters. The van der Waals surface area contributed by atoms with Crippen molar-refractivity contribution in [1.82, 2.24) is 15.0 Å². The molecule has 0 aliphatic heterocycles. The molecule has 2 heterocycles. The Balaban J connectivity index is 1.22. The van der Waals surface area contributed by atoms with E-state index >= 15 is 0 Å². The fraction of sp³-hybridized carbons (Fsp3) is 0.240. The number of anilines is 1. The lowest BCUT2D eigenvalue weighted by molar-refractivity contribution is 0.676. The number of nitrogens with zero attached hydrogens (tertiary/aromatic N) is 3. The van der Waals surface area contributed by atoms with Crippen molar-refractivity contribution in [3.63, 3.8) is 0 Å². The number of halogens is 2. The number of benzene rings is 2. The Morgan fingerprint density at radius 2 is 1.71 bits per heavy atom. The lowest BCUT2D eigenvalue weighted by Gasteiger charge is -2.09. The number of unbranched alkanes of at least 4 members (excludes halogenated alkanes) is 2. The molecule has 4 aromatic rings. The molecule has 2 aromatic heterocycles. The molecule has 0 unspecified atom stereocenters. The predicted molar refractivity (Wildman–Crippen MR) is 132 cm³/mol. The summed E-state index contributed by atoms with van der Waals surface area (Å²) in [6.07, 6.45) is 8.73. The Morgan fingerprint density at radius 3 is 2.58 bits per heavy atom. The maximum absolute atomic E-state index is 6.07. The number of rotatable bonds is 9. The summed E-state index contributed by atoms with van der Waals surface area (Å²) in [5, 5.41) is 5.34. The molecule has 6 heteroatoms. The number of pyridine rings is 1. The Kier molecular flexibility index (Phi) is 7.49. The van der Waals surface area contributed by atoms with Gasteiger partial charge in [0, 0.05) is 58.0 Å². The van der Waals surface area contributed by atoms with Gasteiger partial charge in [0.25, 0.3) is 0 Å². The van der Waals surface area contributed by atoms with E-state index in [-0.39, 0.29) is 0 Å². The summed E-state index contributed by atoms with van der Waals surface area (Å²) in [6.45, 7) is 0.923. The first kappa shape index (κ1) is 21.7. The van der Waals surface area contributed by atoms with Gasteiger partial charge in [0.1, 0.15) is 5.82 Å². The lowest BCUT2D eigenvalue weighted by atomic mass is 10.1. The average Bonchev–Trinajstić information content (AvgIpc) is 2.78. The van der Waals surface area contributed by atoms with Gasteiger partial charge in [-0.1, -0.05) is 46.1 Å². The topological polar surface area (TPSA) is 50.7 Å². The summed E-state index contributed by atoms with van der Waals surface area (Å²) >= 11 is 9.54. The van der Waals surface area contributed by atoms with Crippen molar-refractivity contribution >= 4 is 44.1 Å². The molecule has 158 valence electrons. The van der Waals surface area contributed by atoms with Gasteiger partial charge in [0.05, 0.1) is 5.52 Å². The van der Waals surface area contributed by atoms with Crippen molar-refractivity contribution in [3.05, 3.63) is 93.6 Å². The van der Waals surface area contributed by atoms with Gasteiger partial charge in [0.15, 0.2) is 0 Å². The van der Waals surface area contributed by atoms with E-state index in [1.807, 2.05) is 42.7 Å². The molecule has 2 aromatic carbocycles. The molecule has 0 bridgehead atoms. The third kappa shape index (κ3) is 6.25. The van der Waals surface area contributed by atoms with Gasteiger partial charge in [-0.2, -0.15) is 0 Å². The second-order valence-electron chi connectivity index (χ2n) is 7.52. The molecule has 4 rings (SSSR count). The molecular formula is C25H24BrClN4. The van der Waals surface area contributed by atoms with Gasteiger partial charge in [-0.15, -0.1) is 0 Å². The summed E-state index contributed by atoms with van der Waals surface area (Å²) < 4.78 is 1.09. The standard InChI is InChI=1S/C25H24BrClN4/c26-19-7-5-18(6-8-19)16-21-11-14-30-25(31-21)4-2-1-3-13-28-23-12-15-29-24-17-20(27)9-10-22(23)24/h5-12,14-15,17H,1-4,13,16H2,(H,28,29). The van der Waals surface area contributed by atoms with Crippen molar-refractivity contribution in [1.29, 1.82) is 0 Å². The van der Waals surface area contributed by atoms with E-state index in [1.165, 1.54) is 5.56 Å². The van der Waals surface area contributed by atoms with Crippen molar-refractivity contribution in [2.45, 2.75) is 32.1 Å². The van der Waals surface area contributed by atoms with Gasteiger partial charge in [-0.05, 0) is 60.9 Å². The highest BCUT2D eigenvalue weighted by atomic mass is 79.9. The lowest BCUT2D eigenvalue weighted by Crippen LogP contribution is -2.03. The summed E-state index contributed by atoms with van der Waals surface area (Å²) in [5.41, 5.74) is 4.34. The van der Waals surface area contributed by atoms with Crippen LogP contribution in [0.5, 0.6) is 0 Å². The fourth-order valence-electron chi connectivity index (χ4n) is 3.55. The smallest absolute Gasteiger partial charge is 0.128 e. The quantitative estimate of drug-likeness (QED) is 0.258. The zero-order chi connectivity index (χ0) is 21.5. The predicted octanol–water partition coefficient (Wildman–Crippen LogP) is 6.86. The zero-order valence-electron chi connectivity index (χ0n) is 17.2. The maximum atomic E-state index is 6.07. The van der Waals surface area contributed by atoms with Crippen LogP contribution in [-0.2, 0) is 12.8 Å². The Morgan fingerprint density at radius 1 is 0.871 bits per heavy atom. The molecule has 0 fully saturated rings. The van der Waals surface area contributed by atoms with Gasteiger partial charge >= 0.3 is 0 Å². The highest BCUT2D eigenvalue weighted by Crippen LogP contribution is 2.24. The third-order valence-corrected chi connectivity index (χ3v) is 5.92. The number of hydrogen-bond donors (Lipinski definition) is 1. The van der Waals surface area contributed by atoms with E-state index < -0.39 is 0 Å². The number of aromatic nitrogens is 3. The van der Waals surface area contributed by atoms with E-state index in [0.717, 1.165) is 71.2 Å². The molecule has 0 saturated heterocycles. The van der Waals surface area contributed by atoms with E-state index in [2.05, 4.69) is 55.5 Å². The summed E-state index contributed by atoms with van der Waals surface area (Å²) in [4.78, 5) is 13.6. The van der Waals surface area contributed by atoms with Crippen LogP contribution in [-0.4, -0.2) is 21.5 Å². The molecule has 0 aliphatic carbocycles. The second-order valence-corrected chi connectivity index (χ2v) is 8.88. The van der Waals surface area contributed by atoms with E-state index in [9.17, 15) is 0 Å². The van der Waals surface area contributed by atoms with Gasteiger partial charge in [-0.3, -0.25) is 4.98 Å². The molecule has 4 nitrogen and oxygen atoms in total. The minimum absolute atomic E-state index is 0.709. The van der Waals surface area contributed by atoms with Crippen LogP contribution in [0.1, 0.15) is 36.3 Å². The molecule has 0 aliphatic rings. The number of nitrogens with one attached hydrogen (secondary N) is 1. The molecule has 31 heavy (non-hydrogen) atoms. The third-order valence-electron chi connectivity index (χ3n) is 5.16. The first-order valence-corrected chi connectivity index (χ1v) is 11.7. The van der Waals surface area contributed by atoms with Crippen LogP contribution in [0.3, 0.4) is 0 Å². The minimum atomic E-state index is 0.709. The maximum Gasteiger partial charge on any atom is 0.128 e. The van der Waals surface area contributed by atoms with Crippen LogP contribution < -0.4 is 5.32 Å². The highest BCUT2D eigenvalue weighted by molar-refractivity contribution is 9.10. The van der Waals surface area contributed by atoms with E-state index in [1.54, 1.807) is 0 Å². The number of fused-ring (bicyclic) bond motifs is 1. The highest BCUT2D eigenvalue weighted by Gasteiger charge is 2.04. The van der Waals surface area contributed by atoms with Crippen molar-refractivity contribution < 1.29 is 0 Å². The molecule has 0 spiro atoms. The van der Waals surface area contributed by atoms with Gasteiger partial charge in [0.2, 0.25) is 0 Å². The van der Waals surface area contributed by atoms with Crippen LogP contribution in [0.4, 0.5) is 5.69 Å². The van der Waals surface area contributed by atoms with Crippen LogP contribution in [0.2, 0.25) is 5.02 Å². The summed E-state index contributed by atoms with van der Waals surface area (Å²) in [6, 6.07) is 18.2. The van der Waals surface area contributed by atoms with Gasteiger partial charge in [-0.25, -0.2) is 9.97 Å². The normalized spacial score (nSPS) is 11.0. The first-order valence-electron chi connectivity index (χ1n) is 10.5. The van der Waals surface area contributed by atoms with Crippen LogP contribution in [0, 0.1) is 0 Å². The molecular weight excluding hydrogens is 472 g/mol. The number of hydrogen-bond acceptors (Lipinski definition) is 4. The molecule has 0 amide bonds.